The van der Waals surface area contributed by atoms with Crippen molar-refractivity contribution >= 4 is 5.91 Å². The van der Waals surface area contributed by atoms with Crippen molar-refractivity contribution in [3.63, 3.8) is 0 Å². The molecule has 0 bridgehead atoms. The maximum absolute atomic E-state index is 11.3. The maximum Gasteiger partial charge on any atom is 0.249 e. The van der Waals surface area contributed by atoms with Gasteiger partial charge in [-0.3, -0.25) is 9.69 Å². The van der Waals surface area contributed by atoms with E-state index in [0.29, 0.717) is 5.56 Å². The fourth-order valence-corrected chi connectivity index (χ4v) is 2.05. The van der Waals surface area contributed by atoms with Crippen LogP contribution in [0.15, 0.2) is 24.3 Å². The summed E-state index contributed by atoms with van der Waals surface area (Å²) in [6, 6.07) is 7.78. The van der Waals surface area contributed by atoms with Gasteiger partial charge in [0.15, 0.2) is 0 Å². The standard InChI is InChI=1S/C13H20N2O/c1-4-15(5-2)10(3)11-8-6-7-9-12(11)13(14)16/h6-10H,4-5H2,1-3H3,(H2,14,16). The number of nitrogens with two attached hydrogens (primary N) is 1. The summed E-state index contributed by atoms with van der Waals surface area (Å²) in [4.78, 5) is 13.6. The number of hydrogen-bond acceptors (Lipinski definition) is 2. The maximum atomic E-state index is 11.3. The van der Waals surface area contributed by atoms with Crippen LogP contribution in [0.1, 0.15) is 42.7 Å². The van der Waals surface area contributed by atoms with Gasteiger partial charge in [-0.1, -0.05) is 32.0 Å². The Hall–Kier alpha value is -1.35. The highest BCUT2D eigenvalue weighted by Gasteiger charge is 2.17. The van der Waals surface area contributed by atoms with Crippen molar-refractivity contribution in [2.45, 2.75) is 26.8 Å². The first-order chi connectivity index (χ1) is 7.61. The Morgan fingerprint density at radius 2 is 1.88 bits per heavy atom. The molecule has 0 heterocycles. The van der Waals surface area contributed by atoms with E-state index in [1.165, 1.54) is 0 Å². The van der Waals surface area contributed by atoms with Gasteiger partial charge in [-0.05, 0) is 31.6 Å². The summed E-state index contributed by atoms with van der Waals surface area (Å²) in [5, 5.41) is 0. The third-order valence-corrected chi connectivity index (χ3v) is 3.04. The van der Waals surface area contributed by atoms with Crippen LogP contribution in [0, 0.1) is 0 Å². The lowest BCUT2D eigenvalue weighted by Crippen LogP contribution is -2.28. The van der Waals surface area contributed by atoms with Crippen molar-refractivity contribution in [1.82, 2.24) is 4.90 Å². The Kier molecular flexibility index (Phi) is 4.50. The second-order valence-corrected chi connectivity index (χ2v) is 3.85. The molecule has 1 atom stereocenters. The minimum absolute atomic E-state index is 0.221. The second-order valence-electron chi connectivity index (χ2n) is 3.85. The molecule has 88 valence electrons. The number of benzene rings is 1. The van der Waals surface area contributed by atoms with E-state index in [4.69, 9.17) is 5.73 Å². The van der Waals surface area contributed by atoms with Crippen LogP contribution in [-0.2, 0) is 0 Å². The SMILES string of the molecule is CCN(CC)C(C)c1ccccc1C(N)=O. The quantitative estimate of drug-likeness (QED) is 0.826. The van der Waals surface area contributed by atoms with E-state index >= 15 is 0 Å². The fourth-order valence-electron chi connectivity index (χ4n) is 2.05. The molecule has 0 aliphatic carbocycles. The zero-order chi connectivity index (χ0) is 12.1. The average molecular weight is 220 g/mol. The molecule has 3 nitrogen and oxygen atoms in total. The van der Waals surface area contributed by atoms with Gasteiger partial charge < -0.3 is 5.73 Å². The Balaban J connectivity index is 3.07. The summed E-state index contributed by atoms with van der Waals surface area (Å²) in [7, 11) is 0. The monoisotopic (exact) mass is 220 g/mol. The normalized spacial score (nSPS) is 12.8. The summed E-state index contributed by atoms with van der Waals surface area (Å²) in [5.41, 5.74) is 7.02. The second kappa shape index (κ2) is 5.66. The molecule has 16 heavy (non-hydrogen) atoms. The molecule has 1 amide bonds. The van der Waals surface area contributed by atoms with Gasteiger partial charge in [0, 0.05) is 11.6 Å². The van der Waals surface area contributed by atoms with E-state index in [0.717, 1.165) is 18.7 Å². The third kappa shape index (κ3) is 2.61. The van der Waals surface area contributed by atoms with Crippen molar-refractivity contribution in [2.75, 3.05) is 13.1 Å². The molecule has 1 rings (SSSR count). The van der Waals surface area contributed by atoms with Crippen LogP contribution in [0.5, 0.6) is 0 Å². The summed E-state index contributed by atoms with van der Waals surface area (Å²) in [5.74, 6) is -0.352. The van der Waals surface area contributed by atoms with Crippen LogP contribution >= 0.6 is 0 Å². The van der Waals surface area contributed by atoms with Gasteiger partial charge in [-0.25, -0.2) is 0 Å². The summed E-state index contributed by atoms with van der Waals surface area (Å²) in [6.07, 6.45) is 0. The predicted octanol–water partition coefficient (Wildman–Crippen LogP) is 2.19. The highest BCUT2D eigenvalue weighted by atomic mass is 16.1. The first kappa shape index (κ1) is 12.7. The lowest BCUT2D eigenvalue weighted by molar-refractivity contribution is 0.0997. The average Bonchev–Trinajstić information content (AvgIpc) is 2.30. The molecule has 0 aliphatic heterocycles. The van der Waals surface area contributed by atoms with Crippen LogP contribution < -0.4 is 5.73 Å². The van der Waals surface area contributed by atoms with E-state index in [1.807, 2.05) is 18.2 Å². The van der Waals surface area contributed by atoms with Gasteiger partial charge in [0.25, 0.3) is 0 Å². The van der Waals surface area contributed by atoms with Gasteiger partial charge in [0.05, 0.1) is 0 Å². The van der Waals surface area contributed by atoms with Gasteiger partial charge in [-0.2, -0.15) is 0 Å². The number of amides is 1. The van der Waals surface area contributed by atoms with Crippen molar-refractivity contribution in [1.29, 1.82) is 0 Å². The largest absolute Gasteiger partial charge is 0.366 e. The van der Waals surface area contributed by atoms with E-state index in [1.54, 1.807) is 6.07 Å². The smallest absolute Gasteiger partial charge is 0.249 e. The van der Waals surface area contributed by atoms with Crippen LogP contribution in [0.4, 0.5) is 0 Å². The van der Waals surface area contributed by atoms with Gasteiger partial charge in [0.2, 0.25) is 5.91 Å². The molecular formula is C13H20N2O. The Labute approximate surface area is 97.2 Å². The summed E-state index contributed by atoms with van der Waals surface area (Å²) < 4.78 is 0. The molecule has 1 aromatic carbocycles. The highest BCUT2D eigenvalue weighted by molar-refractivity contribution is 5.94. The van der Waals surface area contributed by atoms with E-state index in [2.05, 4.69) is 25.7 Å². The summed E-state index contributed by atoms with van der Waals surface area (Å²) in [6.45, 7) is 8.27. The topological polar surface area (TPSA) is 46.3 Å². The lowest BCUT2D eigenvalue weighted by atomic mass is 10.00. The molecule has 0 spiro atoms. The zero-order valence-electron chi connectivity index (χ0n) is 10.2. The van der Waals surface area contributed by atoms with Crippen LogP contribution in [0.2, 0.25) is 0 Å². The number of hydrogen-bond donors (Lipinski definition) is 1. The van der Waals surface area contributed by atoms with Crippen molar-refractivity contribution in [3.05, 3.63) is 35.4 Å². The number of rotatable bonds is 5. The lowest BCUT2D eigenvalue weighted by Gasteiger charge is -2.27. The molecule has 2 N–H and O–H groups in total. The molecular weight excluding hydrogens is 200 g/mol. The van der Waals surface area contributed by atoms with Crippen molar-refractivity contribution < 1.29 is 4.79 Å². The molecule has 0 aromatic heterocycles. The first-order valence-corrected chi connectivity index (χ1v) is 5.74. The van der Waals surface area contributed by atoms with Crippen LogP contribution in [-0.4, -0.2) is 23.9 Å². The number of primary amides is 1. The van der Waals surface area contributed by atoms with E-state index in [-0.39, 0.29) is 11.9 Å². The van der Waals surface area contributed by atoms with Gasteiger partial charge in [0.1, 0.15) is 0 Å². The van der Waals surface area contributed by atoms with E-state index in [9.17, 15) is 4.79 Å². The van der Waals surface area contributed by atoms with Crippen LogP contribution in [0.25, 0.3) is 0 Å². The molecule has 1 unspecified atom stereocenters. The molecule has 0 radical (unpaired) electrons. The number of carbonyl (C=O) groups excluding carboxylic acids is 1. The third-order valence-electron chi connectivity index (χ3n) is 3.04. The minimum Gasteiger partial charge on any atom is -0.366 e. The zero-order valence-corrected chi connectivity index (χ0v) is 10.2. The molecule has 0 aliphatic rings. The van der Waals surface area contributed by atoms with Crippen molar-refractivity contribution in [3.8, 4) is 0 Å². The number of carbonyl (C=O) groups is 1. The Bertz CT molecular complexity index is 359. The molecule has 1 aromatic rings. The van der Waals surface area contributed by atoms with Crippen LogP contribution in [0.3, 0.4) is 0 Å². The molecule has 0 saturated carbocycles. The molecule has 0 fully saturated rings. The fraction of sp³-hybridized carbons (Fsp3) is 0.462. The summed E-state index contributed by atoms with van der Waals surface area (Å²) >= 11 is 0. The molecule has 0 saturated heterocycles. The molecule has 3 heteroatoms. The number of nitrogens with zero attached hydrogens (tertiary/aromatic N) is 1. The van der Waals surface area contributed by atoms with E-state index < -0.39 is 0 Å². The predicted molar refractivity (Wildman–Crippen MR) is 66.3 cm³/mol. The minimum atomic E-state index is -0.352. The Morgan fingerprint density at radius 3 is 2.38 bits per heavy atom. The highest BCUT2D eigenvalue weighted by Crippen LogP contribution is 2.22. The first-order valence-electron chi connectivity index (χ1n) is 5.74. The van der Waals surface area contributed by atoms with Crippen molar-refractivity contribution in [2.24, 2.45) is 5.73 Å². The van der Waals surface area contributed by atoms with Gasteiger partial charge in [-0.15, -0.1) is 0 Å². The Morgan fingerprint density at radius 1 is 1.31 bits per heavy atom. The van der Waals surface area contributed by atoms with Gasteiger partial charge >= 0.3 is 0 Å².